The Balaban J connectivity index is 1.29. The van der Waals surface area contributed by atoms with Crippen molar-refractivity contribution in [2.24, 2.45) is 0 Å². The molecule has 4 N–H and O–H groups in total. The van der Waals surface area contributed by atoms with Crippen molar-refractivity contribution < 1.29 is 14.0 Å². The highest BCUT2D eigenvalue weighted by atomic mass is 19.1. The van der Waals surface area contributed by atoms with E-state index in [0.29, 0.717) is 35.5 Å². The van der Waals surface area contributed by atoms with Gasteiger partial charge in [-0.2, -0.15) is 0 Å². The van der Waals surface area contributed by atoms with Crippen LogP contribution in [0, 0.1) is 5.82 Å². The predicted octanol–water partition coefficient (Wildman–Crippen LogP) is 4.18. The van der Waals surface area contributed by atoms with Crippen molar-refractivity contribution in [1.29, 1.82) is 0 Å². The minimum absolute atomic E-state index is 0.0599. The van der Waals surface area contributed by atoms with Gasteiger partial charge < -0.3 is 21.3 Å². The second kappa shape index (κ2) is 8.91. The fourth-order valence-corrected chi connectivity index (χ4v) is 4.79. The van der Waals surface area contributed by atoms with Gasteiger partial charge in [0, 0.05) is 31.6 Å². The fourth-order valence-electron chi connectivity index (χ4n) is 4.79. The molecule has 2 aliphatic rings. The quantitative estimate of drug-likeness (QED) is 0.501. The maximum atomic E-state index is 13.6. The number of rotatable bonds is 5. The molecule has 0 bridgehead atoms. The number of nitrogens with two attached hydrogens (primary N) is 1. The number of piperidine rings is 1. The Bertz CT molecular complexity index is 1240. The zero-order valence-corrected chi connectivity index (χ0v) is 18.8. The molecule has 2 aliphatic heterocycles. The number of nitrogens with one attached hydrogen (secondary N) is 2. The number of amides is 2. The average molecular weight is 459 g/mol. The molecule has 6 nitrogen and oxygen atoms in total. The molecule has 34 heavy (non-hydrogen) atoms. The minimum Gasteiger partial charge on any atom is -0.397 e. The summed E-state index contributed by atoms with van der Waals surface area (Å²) in [5, 5.41) is 6.16. The third-order valence-corrected chi connectivity index (χ3v) is 6.83. The van der Waals surface area contributed by atoms with Crippen molar-refractivity contribution in [1.82, 2.24) is 10.2 Å². The van der Waals surface area contributed by atoms with Gasteiger partial charge in [-0.1, -0.05) is 30.3 Å². The molecule has 2 saturated heterocycles. The Hall–Kier alpha value is -3.71. The molecule has 7 heteroatoms. The van der Waals surface area contributed by atoms with Crippen LogP contribution in [0.1, 0.15) is 35.2 Å². The van der Waals surface area contributed by atoms with Crippen molar-refractivity contribution in [3.8, 4) is 11.1 Å². The van der Waals surface area contributed by atoms with Crippen LogP contribution in [0.25, 0.3) is 11.1 Å². The maximum Gasteiger partial charge on any atom is 0.255 e. The second-order valence-corrected chi connectivity index (χ2v) is 9.12. The molecule has 1 spiro atoms. The second-order valence-electron chi connectivity index (χ2n) is 9.12. The Kier molecular flexibility index (Phi) is 5.79. The zero-order valence-electron chi connectivity index (χ0n) is 18.8. The minimum atomic E-state index is -0.328. The monoisotopic (exact) mass is 458 g/mol. The molecular weight excluding hydrogens is 431 g/mol. The summed E-state index contributed by atoms with van der Waals surface area (Å²) in [6, 6.07) is 18.8. The molecule has 0 aromatic heterocycles. The number of nitrogen functional groups attached to an aromatic ring is 1. The SMILES string of the molecule is Nc1ccc(-c2cccc(F)c2)cc1NC(=O)c1ccc(CN2C(=O)CCCC23CNC3)cc1. The number of anilines is 2. The lowest BCUT2D eigenvalue weighted by atomic mass is 9.81. The van der Waals surface area contributed by atoms with E-state index in [1.54, 1.807) is 42.5 Å². The number of benzene rings is 3. The number of halogens is 1. The van der Waals surface area contributed by atoms with Gasteiger partial charge in [0.1, 0.15) is 5.82 Å². The van der Waals surface area contributed by atoms with Crippen LogP contribution < -0.4 is 16.4 Å². The molecule has 2 fully saturated rings. The van der Waals surface area contributed by atoms with Gasteiger partial charge in [0.25, 0.3) is 5.91 Å². The number of carbonyl (C=O) groups excluding carboxylic acids is 2. The first kappa shape index (κ1) is 22.1. The molecule has 3 aromatic rings. The van der Waals surface area contributed by atoms with Crippen LogP contribution in [0.2, 0.25) is 0 Å². The van der Waals surface area contributed by atoms with Gasteiger partial charge in [-0.25, -0.2) is 4.39 Å². The van der Waals surface area contributed by atoms with Crippen LogP contribution >= 0.6 is 0 Å². The Morgan fingerprint density at radius 2 is 1.82 bits per heavy atom. The van der Waals surface area contributed by atoms with Gasteiger partial charge in [-0.3, -0.25) is 9.59 Å². The Labute approximate surface area is 198 Å². The lowest BCUT2D eigenvalue weighted by molar-refractivity contribution is -0.146. The summed E-state index contributed by atoms with van der Waals surface area (Å²) in [5.41, 5.74) is 9.85. The lowest BCUT2D eigenvalue weighted by Gasteiger charge is -2.53. The zero-order chi connectivity index (χ0) is 23.7. The van der Waals surface area contributed by atoms with Crippen molar-refractivity contribution >= 4 is 23.2 Å². The normalized spacial score (nSPS) is 16.9. The standard InChI is InChI=1S/C27H27FN4O2/c28-22-4-1-3-20(13-22)21-10-11-23(29)24(14-21)31-26(34)19-8-6-18(7-9-19)15-32-25(33)5-2-12-27(32)16-30-17-27/h1,3-4,6-11,13-14,30H,2,5,12,15-17,29H2,(H,31,34). The van der Waals surface area contributed by atoms with E-state index >= 15 is 0 Å². The average Bonchev–Trinajstić information content (AvgIpc) is 2.81. The van der Waals surface area contributed by atoms with E-state index in [1.165, 1.54) is 12.1 Å². The molecule has 0 atom stereocenters. The predicted molar refractivity (Wildman–Crippen MR) is 131 cm³/mol. The molecule has 2 amide bonds. The van der Waals surface area contributed by atoms with E-state index < -0.39 is 0 Å². The van der Waals surface area contributed by atoms with Gasteiger partial charge in [0.15, 0.2) is 0 Å². The first-order valence-electron chi connectivity index (χ1n) is 11.5. The smallest absolute Gasteiger partial charge is 0.255 e. The number of likely N-dealkylation sites (tertiary alicyclic amines) is 1. The van der Waals surface area contributed by atoms with Crippen LogP contribution in [0.15, 0.2) is 66.7 Å². The van der Waals surface area contributed by atoms with E-state index in [1.807, 2.05) is 17.0 Å². The number of hydrogen-bond acceptors (Lipinski definition) is 4. The van der Waals surface area contributed by atoms with Crippen molar-refractivity contribution in [3.63, 3.8) is 0 Å². The number of carbonyl (C=O) groups is 2. The molecule has 0 saturated carbocycles. The summed E-state index contributed by atoms with van der Waals surface area (Å²) in [7, 11) is 0. The van der Waals surface area contributed by atoms with Crippen molar-refractivity contribution in [2.75, 3.05) is 24.1 Å². The summed E-state index contributed by atoms with van der Waals surface area (Å²) in [6.07, 6.45) is 2.57. The summed E-state index contributed by atoms with van der Waals surface area (Å²) in [5.74, 6) is -0.419. The molecular formula is C27H27FN4O2. The van der Waals surface area contributed by atoms with Crippen molar-refractivity contribution in [2.45, 2.75) is 31.3 Å². The van der Waals surface area contributed by atoms with Gasteiger partial charge in [0.2, 0.25) is 5.91 Å². The van der Waals surface area contributed by atoms with E-state index in [2.05, 4.69) is 10.6 Å². The largest absolute Gasteiger partial charge is 0.397 e. The first-order valence-corrected chi connectivity index (χ1v) is 11.5. The number of nitrogens with zero attached hydrogens (tertiary/aromatic N) is 1. The summed E-state index contributed by atoms with van der Waals surface area (Å²) in [4.78, 5) is 27.4. The third kappa shape index (κ3) is 4.26. The highest BCUT2D eigenvalue weighted by Crippen LogP contribution is 2.34. The molecule has 5 rings (SSSR count). The summed E-state index contributed by atoms with van der Waals surface area (Å²) >= 11 is 0. The van der Waals surface area contributed by atoms with E-state index in [4.69, 9.17) is 5.73 Å². The van der Waals surface area contributed by atoms with Gasteiger partial charge in [0.05, 0.1) is 16.9 Å². The van der Waals surface area contributed by atoms with Crippen LogP contribution in [0.3, 0.4) is 0 Å². The molecule has 0 unspecified atom stereocenters. The van der Waals surface area contributed by atoms with Gasteiger partial charge in [-0.15, -0.1) is 0 Å². The van der Waals surface area contributed by atoms with E-state index in [9.17, 15) is 14.0 Å². The topological polar surface area (TPSA) is 87.5 Å². The number of hydrogen-bond donors (Lipinski definition) is 3. The van der Waals surface area contributed by atoms with Crippen molar-refractivity contribution in [3.05, 3.63) is 83.7 Å². The maximum absolute atomic E-state index is 13.6. The molecule has 174 valence electrons. The highest BCUT2D eigenvalue weighted by Gasteiger charge is 2.46. The van der Waals surface area contributed by atoms with Crippen LogP contribution in [0.5, 0.6) is 0 Å². The van der Waals surface area contributed by atoms with Gasteiger partial charge in [-0.05, 0) is 65.9 Å². The van der Waals surface area contributed by atoms with E-state index in [0.717, 1.165) is 37.1 Å². The third-order valence-electron chi connectivity index (χ3n) is 6.83. The Morgan fingerprint density at radius 3 is 2.53 bits per heavy atom. The highest BCUT2D eigenvalue weighted by molar-refractivity contribution is 6.06. The lowest BCUT2D eigenvalue weighted by Crippen LogP contribution is -2.71. The molecule has 0 radical (unpaired) electrons. The molecule has 3 aromatic carbocycles. The molecule has 2 heterocycles. The summed E-state index contributed by atoms with van der Waals surface area (Å²) < 4.78 is 13.6. The first-order chi connectivity index (χ1) is 16.4. The fraction of sp³-hybridized carbons (Fsp3) is 0.259. The summed E-state index contributed by atoms with van der Waals surface area (Å²) in [6.45, 7) is 2.23. The van der Waals surface area contributed by atoms with Gasteiger partial charge >= 0.3 is 0 Å². The van der Waals surface area contributed by atoms with Crippen LogP contribution in [-0.4, -0.2) is 35.3 Å². The van der Waals surface area contributed by atoms with Crippen LogP contribution in [0.4, 0.5) is 15.8 Å². The van der Waals surface area contributed by atoms with Crippen LogP contribution in [-0.2, 0) is 11.3 Å². The van der Waals surface area contributed by atoms with E-state index in [-0.39, 0.29) is 23.2 Å². The molecule has 0 aliphatic carbocycles. The Morgan fingerprint density at radius 1 is 1.06 bits per heavy atom.